The van der Waals surface area contributed by atoms with Gasteiger partial charge in [0.25, 0.3) is 0 Å². The second-order valence-electron chi connectivity index (χ2n) is 7.52. The maximum Gasteiger partial charge on any atom is 0.305 e. The van der Waals surface area contributed by atoms with Gasteiger partial charge in [0.1, 0.15) is 0 Å². The lowest BCUT2D eigenvalue weighted by Gasteiger charge is -2.27. The monoisotopic (exact) mass is 430 g/mol. The first-order chi connectivity index (χ1) is 14.3. The quantitative estimate of drug-likeness (QED) is 0.251. The van der Waals surface area contributed by atoms with E-state index in [1.54, 1.807) is 4.90 Å². The Morgan fingerprint density at radius 3 is 1.53 bits per heavy atom. The summed E-state index contributed by atoms with van der Waals surface area (Å²) in [4.78, 5) is 48.3. The van der Waals surface area contributed by atoms with Crippen LogP contribution in [0.25, 0.3) is 0 Å². The first-order valence-electron chi connectivity index (χ1n) is 10.9. The Hall–Kier alpha value is -2.16. The molecule has 0 aliphatic heterocycles. The lowest BCUT2D eigenvalue weighted by Crippen LogP contribution is -2.41. The van der Waals surface area contributed by atoms with Crippen molar-refractivity contribution in [2.24, 2.45) is 0 Å². The van der Waals surface area contributed by atoms with Crippen molar-refractivity contribution in [3.05, 3.63) is 0 Å². The largest absolute Gasteiger partial charge is 0.481 e. The molecule has 0 aliphatic carbocycles. The SMILES string of the molecule is CCCCCCCCCC(=O)N(CCC(=O)O)CCN(CCC(=O)O)CCC(=O)O. The van der Waals surface area contributed by atoms with E-state index < -0.39 is 17.9 Å². The molecule has 174 valence electrons. The van der Waals surface area contributed by atoms with Gasteiger partial charge in [-0.1, -0.05) is 45.4 Å². The van der Waals surface area contributed by atoms with Crippen LogP contribution in [0.1, 0.15) is 77.6 Å². The van der Waals surface area contributed by atoms with E-state index in [4.69, 9.17) is 15.3 Å². The van der Waals surface area contributed by atoms with Crippen molar-refractivity contribution in [3.63, 3.8) is 0 Å². The predicted molar refractivity (Wildman–Crippen MR) is 112 cm³/mol. The van der Waals surface area contributed by atoms with Crippen molar-refractivity contribution in [2.75, 3.05) is 32.7 Å². The van der Waals surface area contributed by atoms with Crippen molar-refractivity contribution in [3.8, 4) is 0 Å². The molecule has 0 atom stereocenters. The normalized spacial score (nSPS) is 10.9. The minimum atomic E-state index is -0.989. The van der Waals surface area contributed by atoms with E-state index >= 15 is 0 Å². The topological polar surface area (TPSA) is 135 Å². The van der Waals surface area contributed by atoms with Gasteiger partial charge in [0.15, 0.2) is 0 Å². The molecule has 0 saturated carbocycles. The Balaban J connectivity index is 4.59. The highest BCUT2D eigenvalue weighted by atomic mass is 16.4. The molecular formula is C21H38N2O7. The van der Waals surface area contributed by atoms with Crippen molar-refractivity contribution in [1.82, 2.24) is 9.80 Å². The Bertz CT molecular complexity index is 507. The van der Waals surface area contributed by atoms with Crippen LogP contribution in [0.5, 0.6) is 0 Å². The second kappa shape index (κ2) is 17.7. The third-order valence-corrected chi connectivity index (χ3v) is 4.91. The summed E-state index contributed by atoms with van der Waals surface area (Å²) in [6, 6.07) is 0. The molecule has 0 aliphatic rings. The molecule has 9 nitrogen and oxygen atoms in total. The van der Waals surface area contributed by atoms with Crippen LogP contribution in [-0.2, 0) is 19.2 Å². The summed E-state index contributed by atoms with van der Waals surface area (Å²) in [6.07, 6.45) is 7.54. The highest BCUT2D eigenvalue weighted by molar-refractivity contribution is 5.77. The Kier molecular flexibility index (Phi) is 16.4. The van der Waals surface area contributed by atoms with Gasteiger partial charge >= 0.3 is 17.9 Å². The van der Waals surface area contributed by atoms with Gasteiger partial charge in [-0.05, 0) is 6.42 Å². The van der Waals surface area contributed by atoms with Crippen molar-refractivity contribution >= 4 is 23.8 Å². The number of hydrogen-bond donors (Lipinski definition) is 3. The van der Waals surface area contributed by atoms with Gasteiger partial charge in [0.2, 0.25) is 5.91 Å². The molecule has 0 bridgehead atoms. The van der Waals surface area contributed by atoms with Gasteiger partial charge in [-0.15, -0.1) is 0 Å². The Morgan fingerprint density at radius 1 is 0.567 bits per heavy atom. The van der Waals surface area contributed by atoms with Crippen molar-refractivity contribution in [1.29, 1.82) is 0 Å². The first kappa shape index (κ1) is 27.8. The van der Waals surface area contributed by atoms with Crippen LogP contribution in [0, 0.1) is 0 Å². The van der Waals surface area contributed by atoms with Gasteiger partial charge in [0.05, 0.1) is 19.3 Å². The fraction of sp³-hybridized carbons (Fsp3) is 0.810. The van der Waals surface area contributed by atoms with Gasteiger partial charge < -0.3 is 25.1 Å². The molecule has 0 heterocycles. The third-order valence-electron chi connectivity index (χ3n) is 4.91. The summed E-state index contributed by atoms with van der Waals surface area (Å²) in [5.41, 5.74) is 0. The standard InChI is InChI=1S/C21H38N2O7/c1-2-3-4-5-6-7-8-9-18(24)23(15-12-21(29)30)17-16-22(13-10-19(25)26)14-11-20(27)28/h2-17H2,1H3,(H,25,26)(H,27,28)(H,29,30). The lowest BCUT2D eigenvalue weighted by molar-refractivity contribution is -0.140. The number of hydrogen-bond acceptors (Lipinski definition) is 5. The Morgan fingerprint density at radius 2 is 1.03 bits per heavy atom. The van der Waals surface area contributed by atoms with E-state index in [0.29, 0.717) is 13.0 Å². The molecule has 0 aromatic rings. The van der Waals surface area contributed by atoms with Crippen LogP contribution in [0.4, 0.5) is 0 Å². The molecule has 1 amide bonds. The number of aliphatic carboxylic acids is 3. The van der Waals surface area contributed by atoms with Gasteiger partial charge in [-0.25, -0.2) is 0 Å². The van der Waals surface area contributed by atoms with Gasteiger partial charge in [-0.2, -0.15) is 0 Å². The maximum atomic E-state index is 12.6. The van der Waals surface area contributed by atoms with Crippen LogP contribution in [0.3, 0.4) is 0 Å². The molecule has 30 heavy (non-hydrogen) atoms. The zero-order valence-corrected chi connectivity index (χ0v) is 18.2. The molecule has 3 N–H and O–H groups in total. The average Bonchev–Trinajstić information content (AvgIpc) is 2.67. The molecule has 0 spiro atoms. The first-order valence-corrected chi connectivity index (χ1v) is 10.9. The van der Waals surface area contributed by atoms with E-state index in [0.717, 1.165) is 25.7 Å². The number of nitrogens with zero attached hydrogens (tertiary/aromatic N) is 2. The van der Waals surface area contributed by atoms with Gasteiger partial charge in [-0.3, -0.25) is 19.2 Å². The number of rotatable bonds is 20. The highest BCUT2D eigenvalue weighted by Crippen LogP contribution is 2.10. The number of carbonyl (C=O) groups excluding carboxylic acids is 1. The van der Waals surface area contributed by atoms with Crippen LogP contribution >= 0.6 is 0 Å². The molecule has 0 unspecified atom stereocenters. The van der Waals surface area contributed by atoms with Crippen molar-refractivity contribution < 1.29 is 34.5 Å². The minimum absolute atomic E-state index is 0.0936. The number of carboxylic acids is 3. The molecule has 0 fully saturated rings. The Labute approximate surface area is 179 Å². The zero-order valence-electron chi connectivity index (χ0n) is 18.2. The fourth-order valence-corrected chi connectivity index (χ4v) is 3.09. The summed E-state index contributed by atoms with van der Waals surface area (Å²) in [5.74, 6) is -3.06. The lowest BCUT2D eigenvalue weighted by atomic mass is 10.1. The second-order valence-corrected chi connectivity index (χ2v) is 7.52. The zero-order chi connectivity index (χ0) is 22.8. The smallest absolute Gasteiger partial charge is 0.305 e. The van der Waals surface area contributed by atoms with Crippen LogP contribution in [0.15, 0.2) is 0 Å². The van der Waals surface area contributed by atoms with Crippen LogP contribution in [-0.4, -0.2) is 81.7 Å². The number of amides is 1. The van der Waals surface area contributed by atoms with E-state index in [1.165, 1.54) is 24.2 Å². The van der Waals surface area contributed by atoms with E-state index in [2.05, 4.69) is 6.92 Å². The van der Waals surface area contributed by atoms with Crippen LogP contribution in [0.2, 0.25) is 0 Å². The number of unbranched alkanes of at least 4 members (excludes halogenated alkanes) is 6. The highest BCUT2D eigenvalue weighted by Gasteiger charge is 2.17. The minimum Gasteiger partial charge on any atom is -0.481 e. The summed E-state index contributed by atoms with van der Waals surface area (Å²) in [6.45, 7) is 3.18. The molecule has 0 aromatic heterocycles. The van der Waals surface area contributed by atoms with E-state index in [9.17, 15) is 19.2 Å². The van der Waals surface area contributed by atoms with Crippen molar-refractivity contribution in [2.45, 2.75) is 77.6 Å². The molecule has 0 rings (SSSR count). The van der Waals surface area contributed by atoms with Gasteiger partial charge in [0, 0.05) is 39.1 Å². The summed E-state index contributed by atoms with van der Waals surface area (Å²) >= 11 is 0. The number of carboxylic acid groups (broad SMARTS) is 3. The number of carbonyl (C=O) groups is 4. The summed E-state index contributed by atoms with van der Waals surface area (Å²) in [5, 5.41) is 26.7. The molecule has 0 radical (unpaired) electrons. The summed E-state index contributed by atoms with van der Waals surface area (Å²) in [7, 11) is 0. The predicted octanol–water partition coefficient (Wildman–Crippen LogP) is 2.68. The molecule has 9 heteroatoms. The maximum absolute atomic E-state index is 12.6. The fourth-order valence-electron chi connectivity index (χ4n) is 3.09. The van der Waals surface area contributed by atoms with E-state index in [-0.39, 0.29) is 51.3 Å². The molecule has 0 aromatic carbocycles. The third kappa shape index (κ3) is 16.8. The molecular weight excluding hydrogens is 392 g/mol. The van der Waals surface area contributed by atoms with Crippen LogP contribution < -0.4 is 0 Å². The molecule has 0 saturated heterocycles. The van der Waals surface area contributed by atoms with E-state index in [1.807, 2.05) is 0 Å². The summed E-state index contributed by atoms with van der Waals surface area (Å²) < 4.78 is 0. The average molecular weight is 431 g/mol.